The summed E-state index contributed by atoms with van der Waals surface area (Å²) in [4.78, 5) is 27.0. The molecule has 0 aliphatic carbocycles. The van der Waals surface area contributed by atoms with Gasteiger partial charge in [0.1, 0.15) is 10.5 Å². The molecule has 0 bridgehead atoms. The van der Waals surface area contributed by atoms with Crippen molar-refractivity contribution in [1.29, 1.82) is 5.26 Å². The van der Waals surface area contributed by atoms with E-state index in [1.54, 1.807) is 49.4 Å². The van der Waals surface area contributed by atoms with E-state index in [1.165, 1.54) is 33.0 Å². The molecule has 202 valence electrons. The number of benzene rings is 2. The number of nitrogens with two attached hydrogens (primary N) is 1. The largest absolute Gasteiger partial charge is 0.493 e. The second-order valence-electron chi connectivity index (χ2n) is 8.26. The lowest BCUT2D eigenvalue weighted by Gasteiger charge is -2.25. The van der Waals surface area contributed by atoms with E-state index in [-0.39, 0.29) is 28.2 Å². The summed E-state index contributed by atoms with van der Waals surface area (Å²) in [6.45, 7) is 1.78. The second-order valence-corrected chi connectivity index (χ2v) is 9.29. The maximum Gasteiger partial charge on any atom is 0.338 e. The molecule has 2 aromatic carbocycles. The van der Waals surface area contributed by atoms with Gasteiger partial charge in [-0.15, -0.1) is 11.3 Å². The first-order valence-electron chi connectivity index (χ1n) is 11.8. The van der Waals surface area contributed by atoms with Crippen LogP contribution < -0.4 is 39.4 Å². The lowest BCUT2D eigenvalue weighted by molar-refractivity contribution is -0.136. The van der Waals surface area contributed by atoms with Gasteiger partial charge in [0.05, 0.1) is 62.7 Å². The van der Waals surface area contributed by atoms with E-state index in [9.17, 15) is 14.9 Å². The number of fused-ring (bicyclic) bond motifs is 1. The van der Waals surface area contributed by atoms with Gasteiger partial charge >= 0.3 is 5.97 Å². The second kappa shape index (κ2) is 11.4. The normalized spacial score (nSPS) is 14.9. The number of esters is 1. The predicted octanol–water partition coefficient (Wildman–Crippen LogP) is 1.94. The Hall–Kier alpha value is -4.69. The smallest absolute Gasteiger partial charge is 0.338 e. The van der Waals surface area contributed by atoms with Gasteiger partial charge in [-0.25, -0.2) is 4.79 Å². The minimum atomic E-state index is -0.902. The molecular weight excluding hydrogens is 522 g/mol. The summed E-state index contributed by atoms with van der Waals surface area (Å²) >= 11 is 1.08. The summed E-state index contributed by atoms with van der Waals surface area (Å²) in [5.74, 6) is 0.292. The number of allylic oxidation sites excluding steroid dienone is 1. The fraction of sp³-hybridized carbons (Fsp3) is 0.250. The van der Waals surface area contributed by atoms with Gasteiger partial charge in [0.2, 0.25) is 0 Å². The highest BCUT2D eigenvalue weighted by Gasteiger charge is 2.36. The van der Waals surface area contributed by atoms with Gasteiger partial charge in [-0.05, 0) is 48.4 Å². The Labute approximate surface area is 228 Å². The van der Waals surface area contributed by atoms with Crippen LogP contribution >= 0.6 is 11.3 Å². The standard InChI is InChI=1S/C28H27N3O7S/c1-6-38-28(33)24-23(16-8-10-19(35-3)21(13-16)37-5)17(14-29)25(30)31-26(32)22(39-27(24)31)12-15-7-9-18(34-2)20(11-15)36-4/h7-13,23H,6,30H2,1-5H3/b22-12-. The van der Waals surface area contributed by atoms with Crippen LogP contribution in [0.25, 0.3) is 17.5 Å². The molecule has 10 nitrogen and oxygen atoms in total. The van der Waals surface area contributed by atoms with Crippen LogP contribution in [0.2, 0.25) is 0 Å². The molecule has 2 N–H and O–H groups in total. The van der Waals surface area contributed by atoms with Crippen molar-refractivity contribution >= 4 is 34.8 Å². The van der Waals surface area contributed by atoms with Gasteiger partial charge in [0.25, 0.3) is 5.56 Å². The van der Waals surface area contributed by atoms with Gasteiger partial charge < -0.3 is 29.4 Å². The van der Waals surface area contributed by atoms with Crippen LogP contribution in [-0.2, 0) is 9.53 Å². The van der Waals surface area contributed by atoms with E-state index in [0.717, 1.165) is 11.3 Å². The Balaban J connectivity index is 2.05. The number of nitriles is 1. The number of nitrogens with zero attached hydrogens (tertiary/aromatic N) is 2. The Morgan fingerprint density at radius 2 is 1.64 bits per heavy atom. The quantitative estimate of drug-likeness (QED) is 0.418. The summed E-state index contributed by atoms with van der Waals surface area (Å²) in [6.07, 6.45) is 1.66. The van der Waals surface area contributed by atoms with Crippen LogP contribution in [0.15, 0.2) is 46.8 Å². The lowest BCUT2D eigenvalue weighted by atomic mass is 9.83. The Morgan fingerprint density at radius 3 is 2.23 bits per heavy atom. The van der Waals surface area contributed by atoms with Gasteiger partial charge in [-0.3, -0.25) is 9.36 Å². The van der Waals surface area contributed by atoms with Crippen molar-refractivity contribution in [1.82, 2.24) is 4.57 Å². The van der Waals surface area contributed by atoms with Crippen LogP contribution in [0.4, 0.5) is 0 Å². The average Bonchev–Trinajstić information content (AvgIpc) is 3.27. The van der Waals surface area contributed by atoms with Crippen molar-refractivity contribution in [3.63, 3.8) is 0 Å². The Bertz CT molecular complexity index is 1700. The molecule has 1 aliphatic rings. The summed E-state index contributed by atoms with van der Waals surface area (Å²) in [5.41, 5.74) is 7.35. The first-order chi connectivity index (χ1) is 18.8. The van der Waals surface area contributed by atoms with Crippen molar-refractivity contribution in [2.24, 2.45) is 5.73 Å². The van der Waals surface area contributed by atoms with Crippen molar-refractivity contribution < 1.29 is 28.5 Å². The third kappa shape index (κ3) is 4.82. The molecule has 11 heteroatoms. The number of hydrogen-bond donors (Lipinski definition) is 1. The summed E-state index contributed by atoms with van der Waals surface area (Å²) in [5, 5.41) is 10.2. The van der Waals surface area contributed by atoms with E-state index in [4.69, 9.17) is 29.4 Å². The Morgan fingerprint density at radius 1 is 1.03 bits per heavy atom. The molecule has 0 saturated carbocycles. The molecule has 1 unspecified atom stereocenters. The van der Waals surface area contributed by atoms with Crippen LogP contribution in [0.1, 0.15) is 24.0 Å². The van der Waals surface area contributed by atoms with Crippen molar-refractivity contribution in [3.05, 3.63) is 72.6 Å². The minimum absolute atomic E-state index is 0.0374. The van der Waals surface area contributed by atoms with Gasteiger partial charge in [-0.1, -0.05) is 12.1 Å². The molecule has 1 aromatic heterocycles. The molecule has 1 aliphatic heterocycles. The third-order valence-electron chi connectivity index (χ3n) is 6.21. The number of ether oxygens (including phenoxy) is 5. The van der Waals surface area contributed by atoms with Gasteiger partial charge in [0, 0.05) is 0 Å². The number of aromatic nitrogens is 1. The van der Waals surface area contributed by atoms with E-state index in [0.29, 0.717) is 38.7 Å². The number of thiazole rings is 1. The lowest BCUT2D eigenvalue weighted by Crippen LogP contribution is -2.40. The first-order valence-corrected chi connectivity index (χ1v) is 12.6. The van der Waals surface area contributed by atoms with Gasteiger partial charge in [-0.2, -0.15) is 5.26 Å². The van der Waals surface area contributed by atoms with Crippen LogP contribution in [0.3, 0.4) is 0 Å². The third-order valence-corrected chi connectivity index (χ3v) is 7.32. The number of carbonyl (C=O) groups is 1. The summed E-state index contributed by atoms with van der Waals surface area (Å²) in [6, 6.07) is 12.4. The SMILES string of the molecule is CCOC(=O)C1=c2s/c(=C\c3ccc(OC)c(OC)c3)c(=O)n2C(N)=C(C#N)C1c1ccc(OC)c(OC)c1. The molecule has 2 heterocycles. The van der Waals surface area contributed by atoms with Crippen molar-refractivity contribution in [3.8, 4) is 29.1 Å². The molecule has 0 radical (unpaired) electrons. The molecule has 4 rings (SSSR count). The van der Waals surface area contributed by atoms with E-state index in [1.807, 2.05) is 0 Å². The zero-order valence-corrected chi connectivity index (χ0v) is 22.9. The monoisotopic (exact) mass is 549 g/mol. The molecule has 39 heavy (non-hydrogen) atoms. The fourth-order valence-electron chi connectivity index (χ4n) is 4.41. The highest BCUT2D eigenvalue weighted by Crippen LogP contribution is 2.40. The van der Waals surface area contributed by atoms with E-state index >= 15 is 0 Å². The molecule has 0 spiro atoms. The molecule has 0 fully saturated rings. The number of carbonyl (C=O) groups excluding carboxylic acids is 1. The molecule has 3 aromatic rings. The highest BCUT2D eigenvalue weighted by atomic mass is 32.1. The summed E-state index contributed by atoms with van der Waals surface area (Å²) < 4.78 is 28.6. The number of rotatable bonds is 8. The van der Waals surface area contributed by atoms with E-state index in [2.05, 4.69) is 6.07 Å². The maximum absolute atomic E-state index is 13.6. The maximum atomic E-state index is 13.6. The van der Waals surface area contributed by atoms with Gasteiger partial charge in [0.15, 0.2) is 23.0 Å². The molecule has 0 saturated heterocycles. The topological polar surface area (TPSA) is 135 Å². The van der Waals surface area contributed by atoms with Crippen LogP contribution in [-0.4, -0.2) is 45.6 Å². The van der Waals surface area contributed by atoms with E-state index < -0.39 is 17.4 Å². The van der Waals surface area contributed by atoms with Crippen molar-refractivity contribution in [2.75, 3.05) is 35.0 Å². The molecule has 1 atom stereocenters. The predicted molar refractivity (Wildman–Crippen MR) is 146 cm³/mol. The van der Waals surface area contributed by atoms with Crippen molar-refractivity contribution in [2.45, 2.75) is 12.8 Å². The fourth-order valence-corrected chi connectivity index (χ4v) is 5.58. The number of hydrogen-bond acceptors (Lipinski definition) is 10. The summed E-state index contributed by atoms with van der Waals surface area (Å²) in [7, 11) is 6.04. The molecule has 0 amide bonds. The minimum Gasteiger partial charge on any atom is -0.493 e. The average molecular weight is 550 g/mol. The zero-order valence-electron chi connectivity index (χ0n) is 22.1. The van der Waals surface area contributed by atoms with Crippen LogP contribution in [0, 0.1) is 11.3 Å². The highest BCUT2D eigenvalue weighted by molar-refractivity contribution is 7.07. The van der Waals surface area contributed by atoms with Crippen LogP contribution in [0.5, 0.6) is 23.0 Å². The molecular formula is C28H27N3O7S. The Kier molecular flexibility index (Phi) is 7.97. The first kappa shape index (κ1) is 27.3. The zero-order chi connectivity index (χ0) is 28.3. The number of methoxy groups -OCH3 is 4.